The molecule has 0 aromatic heterocycles. The number of anilines is 1. The lowest BCUT2D eigenvalue weighted by Crippen LogP contribution is -2.47. The Hall–Kier alpha value is -2.86. The molecule has 31 heavy (non-hydrogen) atoms. The Balaban J connectivity index is 1.64. The molecule has 2 aromatic carbocycles. The third-order valence-corrected chi connectivity index (χ3v) is 6.07. The van der Waals surface area contributed by atoms with E-state index in [1.807, 2.05) is 59.5 Å². The lowest BCUT2D eigenvalue weighted by atomic mass is 9.94. The number of likely N-dealkylation sites (tertiary alicyclic amines) is 1. The SMILES string of the molecule is CCN(CC)C(C(=O)N1CCC(C(=O)Nc2ccccc2OC)CC1)c1ccccc1. The molecule has 1 atom stereocenters. The highest BCUT2D eigenvalue weighted by Gasteiger charge is 2.33. The first-order valence-corrected chi connectivity index (χ1v) is 11.1. The number of benzene rings is 2. The maximum atomic E-state index is 13.5. The fourth-order valence-electron chi connectivity index (χ4n) is 4.25. The van der Waals surface area contributed by atoms with Crippen LogP contribution in [0.15, 0.2) is 54.6 Å². The smallest absolute Gasteiger partial charge is 0.244 e. The fourth-order valence-corrected chi connectivity index (χ4v) is 4.25. The number of amides is 2. The second-order valence-corrected chi connectivity index (χ2v) is 7.82. The topological polar surface area (TPSA) is 61.9 Å². The Morgan fingerprint density at radius 1 is 1.03 bits per heavy atom. The van der Waals surface area contributed by atoms with Crippen molar-refractivity contribution in [1.29, 1.82) is 0 Å². The number of nitrogens with zero attached hydrogens (tertiary/aromatic N) is 2. The molecule has 0 spiro atoms. The summed E-state index contributed by atoms with van der Waals surface area (Å²) in [6.07, 6.45) is 1.32. The summed E-state index contributed by atoms with van der Waals surface area (Å²) in [7, 11) is 1.59. The molecule has 1 fully saturated rings. The van der Waals surface area contributed by atoms with Crippen molar-refractivity contribution in [1.82, 2.24) is 9.80 Å². The van der Waals surface area contributed by atoms with Gasteiger partial charge in [0, 0.05) is 19.0 Å². The standard InChI is InChI=1S/C25H33N3O3/c1-4-27(5-2)23(19-11-7-6-8-12-19)25(30)28-17-15-20(16-18-28)24(29)26-21-13-9-10-14-22(21)31-3/h6-14,20,23H,4-5,15-18H2,1-3H3,(H,26,29). The molecule has 1 aliphatic rings. The van der Waals surface area contributed by atoms with Crippen LogP contribution in [0.25, 0.3) is 0 Å². The average Bonchev–Trinajstić information content (AvgIpc) is 2.83. The first-order valence-electron chi connectivity index (χ1n) is 11.1. The van der Waals surface area contributed by atoms with E-state index in [1.54, 1.807) is 7.11 Å². The van der Waals surface area contributed by atoms with Gasteiger partial charge in [0.05, 0.1) is 12.8 Å². The second kappa shape index (κ2) is 11.0. The van der Waals surface area contributed by atoms with E-state index in [-0.39, 0.29) is 23.8 Å². The van der Waals surface area contributed by atoms with E-state index in [2.05, 4.69) is 24.1 Å². The van der Waals surface area contributed by atoms with Crippen molar-refractivity contribution in [3.63, 3.8) is 0 Å². The predicted octanol–water partition coefficient (Wildman–Crippen LogP) is 3.96. The minimum absolute atomic E-state index is 0.0139. The van der Waals surface area contributed by atoms with Gasteiger partial charge in [0.1, 0.15) is 11.8 Å². The van der Waals surface area contributed by atoms with Crippen LogP contribution >= 0.6 is 0 Å². The summed E-state index contributed by atoms with van der Waals surface area (Å²) in [6, 6.07) is 17.1. The van der Waals surface area contributed by atoms with Gasteiger partial charge in [0.25, 0.3) is 0 Å². The number of hydrogen-bond donors (Lipinski definition) is 1. The van der Waals surface area contributed by atoms with E-state index in [4.69, 9.17) is 4.74 Å². The Morgan fingerprint density at radius 3 is 2.26 bits per heavy atom. The van der Waals surface area contributed by atoms with Gasteiger partial charge >= 0.3 is 0 Å². The van der Waals surface area contributed by atoms with E-state index >= 15 is 0 Å². The van der Waals surface area contributed by atoms with Crippen molar-refractivity contribution >= 4 is 17.5 Å². The van der Waals surface area contributed by atoms with Crippen molar-refractivity contribution in [3.05, 3.63) is 60.2 Å². The number of carbonyl (C=O) groups excluding carboxylic acids is 2. The molecule has 0 aliphatic carbocycles. The Morgan fingerprint density at radius 2 is 1.65 bits per heavy atom. The number of para-hydroxylation sites is 2. The zero-order valence-corrected chi connectivity index (χ0v) is 18.7. The van der Waals surface area contributed by atoms with Crippen LogP contribution in [0.5, 0.6) is 5.75 Å². The quantitative estimate of drug-likeness (QED) is 0.698. The number of likely N-dealkylation sites (N-methyl/N-ethyl adjacent to an activating group) is 1. The molecule has 1 heterocycles. The van der Waals surface area contributed by atoms with E-state index < -0.39 is 0 Å². The molecule has 0 radical (unpaired) electrons. The molecule has 0 bridgehead atoms. The van der Waals surface area contributed by atoms with E-state index in [9.17, 15) is 9.59 Å². The highest BCUT2D eigenvalue weighted by molar-refractivity contribution is 5.94. The summed E-state index contributed by atoms with van der Waals surface area (Å²) in [5.41, 5.74) is 1.70. The maximum absolute atomic E-state index is 13.5. The highest BCUT2D eigenvalue weighted by Crippen LogP contribution is 2.28. The lowest BCUT2D eigenvalue weighted by Gasteiger charge is -2.37. The number of nitrogens with one attached hydrogen (secondary N) is 1. The molecule has 166 valence electrons. The van der Waals surface area contributed by atoms with Crippen molar-refractivity contribution in [2.45, 2.75) is 32.7 Å². The molecule has 3 rings (SSSR count). The predicted molar refractivity (Wildman–Crippen MR) is 123 cm³/mol. The summed E-state index contributed by atoms with van der Waals surface area (Å²) in [5.74, 6) is 0.643. The Bertz CT molecular complexity index is 859. The number of methoxy groups -OCH3 is 1. The molecule has 1 unspecified atom stereocenters. The van der Waals surface area contributed by atoms with Gasteiger partial charge < -0.3 is 15.0 Å². The maximum Gasteiger partial charge on any atom is 0.244 e. The summed E-state index contributed by atoms with van der Waals surface area (Å²) < 4.78 is 5.32. The van der Waals surface area contributed by atoms with E-state index in [0.717, 1.165) is 18.7 Å². The monoisotopic (exact) mass is 423 g/mol. The van der Waals surface area contributed by atoms with Crippen LogP contribution in [0.1, 0.15) is 38.3 Å². The van der Waals surface area contributed by atoms with Gasteiger partial charge in [-0.2, -0.15) is 0 Å². The van der Waals surface area contributed by atoms with Crippen LogP contribution in [0.3, 0.4) is 0 Å². The second-order valence-electron chi connectivity index (χ2n) is 7.82. The largest absolute Gasteiger partial charge is 0.495 e. The van der Waals surface area contributed by atoms with Crippen LogP contribution in [-0.4, -0.2) is 54.9 Å². The number of hydrogen-bond acceptors (Lipinski definition) is 4. The summed E-state index contributed by atoms with van der Waals surface area (Å²) in [5, 5.41) is 2.98. The van der Waals surface area contributed by atoms with Gasteiger partial charge in [-0.3, -0.25) is 14.5 Å². The normalized spacial score (nSPS) is 15.5. The van der Waals surface area contributed by atoms with Crippen LogP contribution in [0.4, 0.5) is 5.69 Å². The molecule has 2 amide bonds. The van der Waals surface area contributed by atoms with E-state index in [0.29, 0.717) is 37.4 Å². The highest BCUT2D eigenvalue weighted by atomic mass is 16.5. The number of piperidine rings is 1. The molecule has 1 saturated heterocycles. The molecule has 1 N–H and O–H groups in total. The number of ether oxygens (including phenoxy) is 1. The minimum atomic E-state index is -0.282. The third kappa shape index (κ3) is 5.44. The summed E-state index contributed by atoms with van der Waals surface area (Å²) in [6.45, 7) is 6.96. The van der Waals surface area contributed by atoms with Crippen molar-refractivity contribution < 1.29 is 14.3 Å². The van der Waals surface area contributed by atoms with Crippen LogP contribution in [0, 0.1) is 5.92 Å². The van der Waals surface area contributed by atoms with Crippen LogP contribution in [0.2, 0.25) is 0 Å². The first kappa shape index (κ1) is 22.8. The van der Waals surface area contributed by atoms with Gasteiger partial charge in [-0.05, 0) is 43.6 Å². The van der Waals surface area contributed by atoms with Gasteiger partial charge in [0.2, 0.25) is 11.8 Å². The minimum Gasteiger partial charge on any atom is -0.495 e. The number of rotatable bonds is 8. The Kier molecular flexibility index (Phi) is 8.06. The molecule has 6 nitrogen and oxygen atoms in total. The van der Waals surface area contributed by atoms with Gasteiger partial charge in [0.15, 0.2) is 0 Å². The van der Waals surface area contributed by atoms with Gasteiger partial charge in [-0.1, -0.05) is 56.3 Å². The third-order valence-electron chi connectivity index (χ3n) is 6.07. The van der Waals surface area contributed by atoms with Gasteiger partial charge in [-0.25, -0.2) is 0 Å². The number of carbonyl (C=O) groups is 2. The first-order chi connectivity index (χ1) is 15.1. The Labute approximate surface area is 185 Å². The van der Waals surface area contributed by atoms with Crippen molar-refractivity contribution in [3.8, 4) is 5.75 Å². The lowest BCUT2D eigenvalue weighted by molar-refractivity contribution is -0.140. The average molecular weight is 424 g/mol. The molecule has 0 saturated carbocycles. The van der Waals surface area contributed by atoms with Crippen molar-refractivity contribution in [2.24, 2.45) is 5.92 Å². The zero-order chi connectivity index (χ0) is 22.2. The van der Waals surface area contributed by atoms with Gasteiger partial charge in [-0.15, -0.1) is 0 Å². The fraction of sp³-hybridized carbons (Fsp3) is 0.440. The van der Waals surface area contributed by atoms with E-state index in [1.165, 1.54) is 0 Å². The molecule has 2 aromatic rings. The van der Waals surface area contributed by atoms with Crippen molar-refractivity contribution in [2.75, 3.05) is 38.6 Å². The van der Waals surface area contributed by atoms with Crippen LogP contribution < -0.4 is 10.1 Å². The molecular formula is C25H33N3O3. The van der Waals surface area contributed by atoms with Crippen LogP contribution in [-0.2, 0) is 9.59 Å². The molecule has 6 heteroatoms. The molecule has 1 aliphatic heterocycles. The molecular weight excluding hydrogens is 390 g/mol. The summed E-state index contributed by atoms with van der Waals surface area (Å²) in [4.78, 5) is 30.4. The zero-order valence-electron chi connectivity index (χ0n) is 18.7. The summed E-state index contributed by atoms with van der Waals surface area (Å²) >= 11 is 0.